The van der Waals surface area contributed by atoms with E-state index in [1.165, 1.54) is 6.42 Å². The zero-order valence-corrected chi connectivity index (χ0v) is 10.3. The van der Waals surface area contributed by atoms with Gasteiger partial charge in [0.1, 0.15) is 0 Å². The van der Waals surface area contributed by atoms with Crippen molar-refractivity contribution in [3.8, 4) is 0 Å². The Morgan fingerprint density at radius 1 is 1.27 bits per heavy atom. The van der Waals surface area contributed by atoms with Crippen LogP contribution in [-0.2, 0) is 6.54 Å². The molecule has 86 valence electrons. The minimum atomic E-state index is 0.657. The van der Waals surface area contributed by atoms with Crippen LogP contribution in [0, 0.1) is 11.8 Å². The smallest absolute Gasteiger partial charge is 0.202 e. The summed E-state index contributed by atoms with van der Waals surface area (Å²) in [5.41, 5.74) is 0. The predicted octanol–water partition coefficient (Wildman–Crippen LogP) is 3.00. The summed E-state index contributed by atoms with van der Waals surface area (Å²) in [5.74, 6) is 2.40. The van der Waals surface area contributed by atoms with Gasteiger partial charge in [-0.25, -0.2) is 4.98 Å². The van der Waals surface area contributed by atoms with Crippen LogP contribution in [-0.4, -0.2) is 16.1 Å². The highest BCUT2D eigenvalue weighted by Gasteiger charge is 2.03. The summed E-state index contributed by atoms with van der Waals surface area (Å²) in [6.07, 6.45) is 5.09. The van der Waals surface area contributed by atoms with Gasteiger partial charge in [-0.1, -0.05) is 27.7 Å². The van der Waals surface area contributed by atoms with E-state index in [4.69, 9.17) is 0 Å². The zero-order valence-electron chi connectivity index (χ0n) is 10.3. The van der Waals surface area contributed by atoms with Crippen molar-refractivity contribution in [2.24, 2.45) is 11.8 Å². The first-order valence-electron chi connectivity index (χ1n) is 5.84. The van der Waals surface area contributed by atoms with Gasteiger partial charge in [0.25, 0.3) is 0 Å². The largest absolute Gasteiger partial charge is 0.356 e. The van der Waals surface area contributed by atoms with Gasteiger partial charge in [-0.3, -0.25) is 0 Å². The lowest BCUT2D eigenvalue weighted by atomic mass is 10.1. The Balaban J connectivity index is 2.43. The third-order valence-corrected chi connectivity index (χ3v) is 2.28. The van der Waals surface area contributed by atoms with Gasteiger partial charge < -0.3 is 9.88 Å². The molecule has 3 heteroatoms. The van der Waals surface area contributed by atoms with E-state index >= 15 is 0 Å². The molecule has 3 nitrogen and oxygen atoms in total. The Morgan fingerprint density at radius 3 is 2.60 bits per heavy atom. The molecule has 1 heterocycles. The van der Waals surface area contributed by atoms with Gasteiger partial charge in [-0.2, -0.15) is 0 Å². The van der Waals surface area contributed by atoms with Crippen LogP contribution in [0.2, 0.25) is 0 Å². The van der Waals surface area contributed by atoms with Crippen molar-refractivity contribution < 1.29 is 0 Å². The molecule has 0 saturated heterocycles. The molecular weight excluding hydrogens is 186 g/mol. The summed E-state index contributed by atoms with van der Waals surface area (Å²) in [5, 5.41) is 3.38. The maximum absolute atomic E-state index is 4.32. The summed E-state index contributed by atoms with van der Waals surface area (Å²) in [6.45, 7) is 11.0. The Morgan fingerprint density at radius 2 is 2.00 bits per heavy atom. The number of nitrogens with one attached hydrogen (secondary N) is 1. The molecule has 1 N–H and O–H groups in total. The molecule has 0 atom stereocenters. The maximum atomic E-state index is 4.32. The lowest BCUT2D eigenvalue weighted by Crippen LogP contribution is -2.12. The van der Waals surface area contributed by atoms with Crippen LogP contribution < -0.4 is 5.32 Å². The highest BCUT2D eigenvalue weighted by atomic mass is 15.2. The Hall–Kier alpha value is -0.990. The van der Waals surface area contributed by atoms with E-state index < -0.39 is 0 Å². The second kappa shape index (κ2) is 5.79. The normalized spacial score (nSPS) is 11.3. The van der Waals surface area contributed by atoms with E-state index in [0.717, 1.165) is 25.0 Å². The van der Waals surface area contributed by atoms with Crippen LogP contribution in [0.25, 0.3) is 0 Å². The SMILES string of the molecule is CC(C)CCNc1nccn1CC(C)C. The first-order chi connectivity index (χ1) is 7.09. The van der Waals surface area contributed by atoms with E-state index in [-0.39, 0.29) is 0 Å². The maximum Gasteiger partial charge on any atom is 0.202 e. The molecule has 15 heavy (non-hydrogen) atoms. The van der Waals surface area contributed by atoms with E-state index in [1.807, 2.05) is 12.4 Å². The van der Waals surface area contributed by atoms with Crippen molar-refractivity contribution in [1.82, 2.24) is 9.55 Å². The molecule has 0 saturated carbocycles. The molecule has 0 radical (unpaired) electrons. The first kappa shape index (κ1) is 12.1. The summed E-state index contributed by atoms with van der Waals surface area (Å²) in [7, 11) is 0. The molecule has 0 aliphatic heterocycles. The highest BCUT2D eigenvalue weighted by Crippen LogP contribution is 2.09. The number of nitrogens with zero attached hydrogens (tertiary/aromatic N) is 2. The van der Waals surface area contributed by atoms with Gasteiger partial charge in [0.05, 0.1) is 0 Å². The van der Waals surface area contributed by atoms with Gasteiger partial charge in [0.15, 0.2) is 0 Å². The van der Waals surface area contributed by atoms with E-state index in [9.17, 15) is 0 Å². The van der Waals surface area contributed by atoms with Crippen molar-refractivity contribution in [2.45, 2.75) is 40.7 Å². The first-order valence-corrected chi connectivity index (χ1v) is 5.84. The number of rotatable bonds is 6. The van der Waals surface area contributed by atoms with E-state index in [2.05, 4.69) is 42.6 Å². The second-order valence-corrected chi connectivity index (χ2v) is 4.91. The molecular formula is C12H23N3. The lowest BCUT2D eigenvalue weighted by Gasteiger charge is -2.12. The fraction of sp³-hybridized carbons (Fsp3) is 0.750. The molecule has 0 aliphatic carbocycles. The summed E-state index contributed by atoms with van der Waals surface area (Å²) in [4.78, 5) is 4.32. The fourth-order valence-electron chi connectivity index (χ4n) is 1.49. The van der Waals surface area contributed by atoms with Gasteiger partial charge >= 0.3 is 0 Å². The van der Waals surface area contributed by atoms with E-state index in [1.54, 1.807) is 0 Å². The van der Waals surface area contributed by atoms with Crippen LogP contribution in [0.15, 0.2) is 12.4 Å². The van der Waals surface area contributed by atoms with Crippen LogP contribution in [0.4, 0.5) is 5.95 Å². The Bertz CT molecular complexity index is 276. The van der Waals surface area contributed by atoms with Crippen LogP contribution in [0.3, 0.4) is 0 Å². The number of anilines is 1. The standard InChI is InChI=1S/C12H23N3/c1-10(2)5-6-13-12-14-7-8-15(12)9-11(3)4/h7-8,10-11H,5-6,9H2,1-4H3,(H,13,14). The van der Waals surface area contributed by atoms with Gasteiger partial charge in [0, 0.05) is 25.5 Å². The molecule has 0 unspecified atom stereocenters. The number of hydrogen-bond donors (Lipinski definition) is 1. The fourth-order valence-corrected chi connectivity index (χ4v) is 1.49. The molecule has 1 aromatic heterocycles. The average molecular weight is 209 g/mol. The summed E-state index contributed by atoms with van der Waals surface area (Å²) in [6, 6.07) is 0. The minimum absolute atomic E-state index is 0.657. The van der Waals surface area contributed by atoms with Crippen molar-refractivity contribution in [3.63, 3.8) is 0 Å². The summed E-state index contributed by atoms with van der Waals surface area (Å²) < 4.78 is 2.19. The quantitative estimate of drug-likeness (QED) is 0.780. The minimum Gasteiger partial charge on any atom is -0.356 e. The molecule has 1 rings (SSSR count). The van der Waals surface area contributed by atoms with E-state index in [0.29, 0.717) is 5.92 Å². The average Bonchev–Trinajstić information content (AvgIpc) is 2.51. The monoisotopic (exact) mass is 209 g/mol. The van der Waals surface area contributed by atoms with Crippen LogP contribution >= 0.6 is 0 Å². The zero-order chi connectivity index (χ0) is 11.3. The topological polar surface area (TPSA) is 29.9 Å². The Labute approximate surface area is 92.9 Å². The highest BCUT2D eigenvalue weighted by molar-refractivity contribution is 5.25. The number of hydrogen-bond acceptors (Lipinski definition) is 2. The Kier molecular flexibility index (Phi) is 4.66. The third kappa shape index (κ3) is 4.36. The molecule has 0 fully saturated rings. The van der Waals surface area contributed by atoms with Crippen LogP contribution in [0.1, 0.15) is 34.1 Å². The van der Waals surface area contributed by atoms with Gasteiger partial charge in [-0.15, -0.1) is 0 Å². The summed E-state index contributed by atoms with van der Waals surface area (Å²) >= 11 is 0. The molecule has 0 aliphatic rings. The lowest BCUT2D eigenvalue weighted by molar-refractivity contribution is 0.524. The van der Waals surface area contributed by atoms with Crippen molar-refractivity contribution >= 4 is 5.95 Å². The molecule has 0 aromatic carbocycles. The molecule has 0 spiro atoms. The number of imidazole rings is 1. The van der Waals surface area contributed by atoms with Crippen molar-refractivity contribution in [1.29, 1.82) is 0 Å². The predicted molar refractivity (Wildman–Crippen MR) is 65.0 cm³/mol. The molecule has 0 bridgehead atoms. The van der Waals surface area contributed by atoms with Crippen LogP contribution in [0.5, 0.6) is 0 Å². The van der Waals surface area contributed by atoms with Crippen molar-refractivity contribution in [3.05, 3.63) is 12.4 Å². The molecule has 0 amide bonds. The third-order valence-electron chi connectivity index (χ3n) is 2.28. The van der Waals surface area contributed by atoms with Gasteiger partial charge in [0.2, 0.25) is 5.95 Å². The molecule has 1 aromatic rings. The van der Waals surface area contributed by atoms with Gasteiger partial charge in [-0.05, 0) is 18.3 Å². The second-order valence-electron chi connectivity index (χ2n) is 4.91. The van der Waals surface area contributed by atoms with Crippen molar-refractivity contribution in [2.75, 3.05) is 11.9 Å². The number of aromatic nitrogens is 2.